The Bertz CT molecular complexity index is 472. The highest BCUT2D eigenvalue weighted by Gasteiger charge is 2.31. The SMILES string of the molecule is O=C1NCCN(C(=O)OCc2ccccc2)C1=O. The Morgan fingerprint density at radius 1 is 1.28 bits per heavy atom. The van der Waals surface area contributed by atoms with Gasteiger partial charge in [-0.3, -0.25) is 9.59 Å². The van der Waals surface area contributed by atoms with Crippen LogP contribution in [0.1, 0.15) is 5.56 Å². The van der Waals surface area contributed by atoms with Gasteiger partial charge in [-0.15, -0.1) is 0 Å². The van der Waals surface area contributed by atoms with Crippen molar-refractivity contribution >= 4 is 17.9 Å². The molecular formula is C12H12N2O4. The lowest BCUT2D eigenvalue weighted by atomic mass is 10.2. The summed E-state index contributed by atoms with van der Waals surface area (Å²) in [5.41, 5.74) is 0.819. The molecule has 0 unspecified atom stereocenters. The largest absolute Gasteiger partial charge is 0.444 e. The van der Waals surface area contributed by atoms with E-state index in [4.69, 9.17) is 4.74 Å². The molecule has 0 aromatic heterocycles. The van der Waals surface area contributed by atoms with Crippen LogP contribution >= 0.6 is 0 Å². The first kappa shape index (κ1) is 12.1. The normalized spacial score (nSPS) is 15.2. The van der Waals surface area contributed by atoms with Crippen LogP contribution in [0.4, 0.5) is 4.79 Å². The number of imide groups is 1. The van der Waals surface area contributed by atoms with E-state index in [1.807, 2.05) is 18.2 Å². The molecule has 3 amide bonds. The van der Waals surface area contributed by atoms with Crippen molar-refractivity contribution in [2.75, 3.05) is 13.1 Å². The molecule has 0 spiro atoms. The molecule has 1 fully saturated rings. The zero-order valence-corrected chi connectivity index (χ0v) is 9.59. The van der Waals surface area contributed by atoms with E-state index in [2.05, 4.69) is 5.32 Å². The van der Waals surface area contributed by atoms with Crippen molar-refractivity contribution in [1.82, 2.24) is 10.2 Å². The van der Waals surface area contributed by atoms with Gasteiger partial charge in [0, 0.05) is 13.1 Å². The van der Waals surface area contributed by atoms with E-state index < -0.39 is 17.9 Å². The highest BCUT2D eigenvalue weighted by Crippen LogP contribution is 2.05. The number of hydrogen-bond acceptors (Lipinski definition) is 4. The second kappa shape index (κ2) is 5.31. The van der Waals surface area contributed by atoms with Crippen molar-refractivity contribution in [3.8, 4) is 0 Å². The maximum Gasteiger partial charge on any atom is 0.417 e. The number of benzene rings is 1. The van der Waals surface area contributed by atoms with Crippen molar-refractivity contribution in [2.24, 2.45) is 0 Å². The zero-order chi connectivity index (χ0) is 13.0. The molecule has 0 aliphatic carbocycles. The smallest absolute Gasteiger partial charge is 0.417 e. The Balaban J connectivity index is 1.92. The standard InChI is InChI=1S/C12H12N2O4/c15-10-11(16)14(7-6-13-10)12(17)18-8-9-4-2-1-3-5-9/h1-5H,6-8H2,(H,13,15). The van der Waals surface area contributed by atoms with Crippen LogP contribution in [0.15, 0.2) is 30.3 Å². The Morgan fingerprint density at radius 2 is 2.00 bits per heavy atom. The predicted molar refractivity (Wildman–Crippen MR) is 61.3 cm³/mol. The van der Waals surface area contributed by atoms with Gasteiger partial charge in [-0.2, -0.15) is 0 Å². The summed E-state index contributed by atoms with van der Waals surface area (Å²) in [6.45, 7) is 0.467. The second-order valence-corrected chi connectivity index (χ2v) is 3.75. The first-order valence-corrected chi connectivity index (χ1v) is 5.49. The number of piperazine rings is 1. The Kier molecular flexibility index (Phi) is 3.57. The highest BCUT2D eigenvalue weighted by molar-refractivity contribution is 6.37. The maximum atomic E-state index is 11.6. The first-order valence-electron chi connectivity index (χ1n) is 5.49. The minimum atomic E-state index is -0.876. The van der Waals surface area contributed by atoms with Crippen LogP contribution in [0, 0.1) is 0 Å². The maximum absolute atomic E-state index is 11.6. The quantitative estimate of drug-likeness (QED) is 0.763. The van der Waals surface area contributed by atoms with Gasteiger partial charge in [0.1, 0.15) is 6.61 Å². The molecule has 2 rings (SSSR count). The van der Waals surface area contributed by atoms with Gasteiger partial charge in [-0.1, -0.05) is 30.3 Å². The summed E-state index contributed by atoms with van der Waals surface area (Å²) in [5.74, 6) is -1.66. The van der Waals surface area contributed by atoms with E-state index in [-0.39, 0.29) is 19.7 Å². The van der Waals surface area contributed by atoms with E-state index >= 15 is 0 Å². The minimum absolute atomic E-state index is 0.0745. The molecule has 1 aromatic carbocycles. The zero-order valence-electron chi connectivity index (χ0n) is 9.59. The van der Waals surface area contributed by atoms with E-state index in [1.54, 1.807) is 12.1 Å². The molecule has 6 heteroatoms. The molecule has 1 aliphatic heterocycles. The molecule has 0 radical (unpaired) electrons. The fourth-order valence-corrected chi connectivity index (χ4v) is 1.55. The third-order valence-corrected chi connectivity index (χ3v) is 2.49. The molecule has 94 valence electrons. The molecule has 6 nitrogen and oxygen atoms in total. The highest BCUT2D eigenvalue weighted by atomic mass is 16.6. The summed E-state index contributed by atoms with van der Waals surface area (Å²) in [4.78, 5) is 34.9. The predicted octanol–water partition coefficient (Wildman–Crippen LogP) is 0.282. The number of hydrogen-bond donors (Lipinski definition) is 1. The Morgan fingerprint density at radius 3 is 2.72 bits per heavy atom. The summed E-state index contributed by atoms with van der Waals surface area (Å²) in [6.07, 6.45) is -0.793. The average Bonchev–Trinajstić information content (AvgIpc) is 2.40. The second-order valence-electron chi connectivity index (χ2n) is 3.75. The third-order valence-electron chi connectivity index (χ3n) is 2.49. The molecule has 1 saturated heterocycles. The van der Waals surface area contributed by atoms with E-state index in [1.165, 1.54) is 0 Å². The van der Waals surface area contributed by atoms with Gasteiger partial charge in [-0.05, 0) is 5.56 Å². The molecule has 18 heavy (non-hydrogen) atoms. The van der Waals surface area contributed by atoms with Crippen LogP contribution < -0.4 is 5.32 Å². The average molecular weight is 248 g/mol. The summed E-state index contributed by atoms with van der Waals surface area (Å²) >= 11 is 0. The number of amides is 3. The summed E-state index contributed by atoms with van der Waals surface area (Å²) in [7, 11) is 0. The Hall–Kier alpha value is -2.37. The number of carbonyl (C=O) groups is 3. The van der Waals surface area contributed by atoms with Gasteiger partial charge in [0.2, 0.25) is 0 Å². The molecule has 1 aliphatic rings. The van der Waals surface area contributed by atoms with Crippen molar-refractivity contribution in [3.63, 3.8) is 0 Å². The molecule has 1 heterocycles. The molecule has 0 saturated carbocycles. The van der Waals surface area contributed by atoms with Gasteiger partial charge in [0.15, 0.2) is 0 Å². The molecule has 0 atom stereocenters. The molecule has 1 N–H and O–H groups in total. The third kappa shape index (κ3) is 2.65. The van der Waals surface area contributed by atoms with Crippen molar-refractivity contribution in [1.29, 1.82) is 0 Å². The number of ether oxygens (including phenoxy) is 1. The topological polar surface area (TPSA) is 75.7 Å². The number of rotatable bonds is 2. The monoisotopic (exact) mass is 248 g/mol. The van der Waals surface area contributed by atoms with Crippen molar-refractivity contribution in [2.45, 2.75) is 6.61 Å². The van der Waals surface area contributed by atoms with Gasteiger partial charge in [-0.25, -0.2) is 9.69 Å². The van der Waals surface area contributed by atoms with Gasteiger partial charge >= 0.3 is 17.9 Å². The Labute approximate surface area is 104 Å². The fourth-order valence-electron chi connectivity index (χ4n) is 1.55. The summed E-state index contributed by atoms with van der Waals surface area (Å²) < 4.78 is 4.97. The van der Waals surface area contributed by atoms with Crippen LogP contribution in [0.5, 0.6) is 0 Å². The van der Waals surface area contributed by atoms with Crippen molar-refractivity contribution < 1.29 is 19.1 Å². The van der Waals surface area contributed by atoms with Crippen LogP contribution in [-0.2, 0) is 20.9 Å². The van der Waals surface area contributed by atoms with Gasteiger partial charge < -0.3 is 10.1 Å². The lowest BCUT2D eigenvalue weighted by molar-refractivity contribution is -0.146. The fraction of sp³-hybridized carbons (Fsp3) is 0.250. The van der Waals surface area contributed by atoms with E-state index in [9.17, 15) is 14.4 Å². The molecular weight excluding hydrogens is 236 g/mol. The number of carbonyl (C=O) groups excluding carboxylic acids is 3. The minimum Gasteiger partial charge on any atom is -0.444 e. The van der Waals surface area contributed by atoms with E-state index in [0.717, 1.165) is 10.5 Å². The number of nitrogens with zero attached hydrogens (tertiary/aromatic N) is 1. The van der Waals surface area contributed by atoms with Crippen LogP contribution in [0.25, 0.3) is 0 Å². The first-order chi connectivity index (χ1) is 8.68. The summed E-state index contributed by atoms with van der Waals surface area (Å²) in [6, 6.07) is 9.10. The van der Waals surface area contributed by atoms with Crippen LogP contribution in [0.2, 0.25) is 0 Å². The van der Waals surface area contributed by atoms with Gasteiger partial charge in [0.25, 0.3) is 0 Å². The lowest BCUT2D eigenvalue weighted by Gasteiger charge is -2.23. The summed E-state index contributed by atoms with van der Waals surface area (Å²) in [5, 5.41) is 2.35. The molecule has 1 aromatic rings. The molecule has 0 bridgehead atoms. The number of nitrogens with one attached hydrogen (secondary N) is 1. The van der Waals surface area contributed by atoms with Crippen LogP contribution in [-0.4, -0.2) is 35.9 Å². The lowest BCUT2D eigenvalue weighted by Crippen LogP contribution is -2.54. The van der Waals surface area contributed by atoms with Crippen LogP contribution in [0.3, 0.4) is 0 Å². The van der Waals surface area contributed by atoms with Crippen molar-refractivity contribution in [3.05, 3.63) is 35.9 Å². The van der Waals surface area contributed by atoms with E-state index in [0.29, 0.717) is 0 Å². The van der Waals surface area contributed by atoms with Gasteiger partial charge in [0.05, 0.1) is 0 Å².